The zero-order chi connectivity index (χ0) is 17.0. The molecule has 1 spiro atoms. The number of carbonyl (C=O) groups is 1. The Bertz CT molecular complexity index is 885. The van der Waals surface area contributed by atoms with Crippen molar-refractivity contribution in [1.29, 1.82) is 0 Å². The Morgan fingerprint density at radius 1 is 1.24 bits per heavy atom. The monoisotopic (exact) mass is 331 g/mol. The molecule has 3 nitrogen and oxygen atoms in total. The molecule has 25 heavy (non-hydrogen) atoms. The molecule has 0 saturated carbocycles. The second-order valence-corrected chi connectivity index (χ2v) is 7.53. The van der Waals surface area contributed by atoms with Gasteiger partial charge in [0.05, 0.1) is 6.04 Å². The van der Waals surface area contributed by atoms with Crippen LogP contribution < -0.4 is 0 Å². The molecule has 1 aliphatic carbocycles. The second-order valence-electron chi connectivity index (χ2n) is 7.53. The summed E-state index contributed by atoms with van der Waals surface area (Å²) in [7, 11) is 0. The lowest BCUT2D eigenvalue weighted by molar-refractivity contribution is -0.148. The van der Waals surface area contributed by atoms with Crippen LogP contribution in [-0.2, 0) is 9.53 Å². The third-order valence-corrected chi connectivity index (χ3v) is 6.15. The van der Waals surface area contributed by atoms with Gasteiger partial charge in [0.2, 0.25) is 0 Å². The number of benzene rings is 1. The van der Waals surface area contributed by atoms with Crippen LogP contribution in [0.3, 0.4) is 0 Å². The van der Waals surface area contributed by atoms with E-state index in [0.29, 0.717) is 12.1 Å². The van der Waals surface area contributed by atoms with E-state index in [1.165, 1.54) is 18.4 Å². The average molecular weight is 331 g/mol. The molecule has 0 N–H and O–H groups in total. The molecule has 4 aliphatic rings. The summed E-state index contributed by atoms with van der Waals surface area (Å²) in [4.78, 5) is 14.7. The quantitative estimate of drug-likeness (QED) is 0.540. The smallest absolute Gasteiger partial charge is 0.332 e. The van der Waals surface area contributed by atoms with Crippen LogP contribution in [0.5, 0.6) is 0 Å². The maximum atomic E-state index is 12.1. The minimum atomic E-state index is -0.452. The molecule has 2 saturated heterocycles. The summed E-state index contributed by atoms with van der Waals surface area (Å²) < 4.78 is 5.94. The Balaban J connectivity index is 1.59. The number of fused-ring (bicyclic) bond motifs is 3. The first-order valence-electron chi connectivity index (χ1n) is 9.18. The number of hydrogen-bond donors (Lipinski definition) is 0. The van der Waals surface area contributed by atoms with Crippen molar-refractivity contribution < 1.29 is 9.53 Å². The SMILES string of the molecule is Cc1ccccc1C#CC1=CC2CC3(OC(=O)C=C13)C1CCCCN21. The van der Waals surface area contributed by atoms with Gasteiger partial charge < -0.3 is 4.74 Å². The third kappa shape index (κ3) is 2.14. The molecule has 3 atom stereocenters. The molecule has 3 heterocycles. The molecule has 2 fully saturated rings. The number of rotatable bonds is 0. The van der Waals surface area contributed by atoms with Crippen molar-refractivity contribution in [3.8, 4) is 11.8 Å². The van der Waals surface area contributed by atoms with Crippen molar-refractivity contribution in [2.45, 2.75) is 50.3 Å². The van der Waals surface area contributed by atoms with Gasteiger partial charge in [0, 0.05) is 35.2 Å². The molecule has 126 valence electrons. The zero-order valence-electron chi connectivity index (χ0n) is 14.4. The molecule has 3 heteroatoms. The zero-order valence-corrected chi connectivity index (χ0v) is 14.4. The van der Waals surface area contributed by atoms with Crippen LogP contribution in [0.4, 0.5) is 0 Å². The topological polar surface area (TPSA) is 29.5 Å². The Morgan fingerprint density at radius 2 is 2.12 bits per heavy atom. The number of esters is 1. The predicted octanol–water partition coefficient (Wildman–Crippen LogP) is 3.14. The summed E-state index contributed by atoms with van der Waals surface area (Å²) in [5.74, 6) is 6.47. The molecule has 0 aromatic heterocycles. The van der Waals surface area contributed by atoms with E-state index >= 15 is 0 Å². The highest BCUT2D eigenvalue weighted by atomic mass is 16.6. The lowest BCUT2D eigenvalue weighted by Gasteiger charge is -2.38. The van der Waals surface area contributed by atoms with Gasteiger partial charge in [0.15, 0.2) is 5.60 Å². The first kappa shape index (κ1) is 15.0. The van der Waals surface area contributed by atoms with Crippen molar-refractivity contribution in [3.05, 3.63) is 58.7 Å². The molecule has 1 aromatic carbocycles. The summed E-state index contributed by atoms with van der Waals surface area (Å²) in [5, 5.41) is 0. The number of nitrogens with zero attached hydrogens (tertiary/aromatic N) is 1. The van der Waals surface area contributed by atoms with Crippen molar-refractivity contribution in [3.63, 3.8) is 0 Å². The predicted molar refractivity (Wildman–Crippen MR) is 95.8 cm³/mol. The van der Waals surface area contributed by atoms with Gasteiger partial charge in [-0.3, -0.25) is 4.90 Å². The maximum Gasteiger partial charge on any atom is 0.332 e. The van der Waals surface area contributed by atoms with E-state index < -0.39 is 5.60 Å². The summed E-state index contributed by atoms with van der Waals surface area (Å²) in [6.07, 6.45) is 8.40. The van der Waals surface area contributed by atoms with Crippen LogP contribution in [0.1, 0.15) is 36.8 Å². The fourth-order valence-corrected chi connectivity index (χ4v) is 5.02. The van der Waals surface area contributed by atoms with E-state index in [0.717, 1.165) is 36.1 Å². The third-order valence-electron chi connectivity index (χ3n) is 6.15. The number of ether oxygens (including phenoxy) is 1. The highest BCUT2D eigenvalue weighted by Gasteiger charge is 2.61. The lowest BCUT2D eigenvalue weighted by Crippen LogP contribution is -2.48. The first-order chi connectivity index (χ1) is 12.2. The molecule has 0 radical (unpaired) electrons. The minimum absolute atomic E-state index is 0.202. The Hall–Kier alpha value is -2.31. The van der Waals surface area contributed by atoms with E-state index in [2.05, 4.69) is 35.8 Å². The van der Waals surface area contributed by atoms with Crippen molar-refractivity contribution in [2.75, 3.05) is 6.54 Å². The largest absolute Gasteiger partial charge is 0.449 e. The van der Waals surface area contributed by atoms with Crippen LogP contribution in [0.25, 0.3) is 0 Å². The first-order valence-corrected chi connectivity index (χ1v) is 9.18. The highest BCUT2D eigenvalue weighted by Crippen LogP contribution is 2.53. The van der Waals surface area contributed by atoms with E-state index in [1.807, 2.05) is 18.2 Å². The standard InChI is InChI=1S/C22H21NO2/c1-15-6-2-3-7-16(15)9-10-17-12-18-14-22(19(17)13-21(24)25-22)20-8-4-5-11-23(18)20/h2-3,6-7,12-13,18,20H,4-5,8,11,14H2,1H3. The van der Waals surface area contributed by atoms with Crippen molar-refractivity contribution >= 4 is 5.97 Å². The molecular weight excluding hydrogens is 310 g/mol. The lowest BCUT2D eigenvalue weighted by atomic mass is 9.77. The van der Waals surface area contributed by atoms with Crippen LogP contribution in [0.2, 0.25) is 0 Å². The number of hydrogen-bond acceptors (Lipinski definition) is 3. The minimum Gasteiger partial charge on any atom is -0.449 e. The van der Waals surface area contributed by atoms with E-state index in [4.69, 9.17) is 4.74 Å². The van der Waals surface area contributed by atoms with E-state index in [1.54, 1.807) is 6.08 Å². The molecular formula is C22H21NO2. The Labute approximate surface area is 148 Å². The van der Waals surface area contributed by atoms with Gasteiger partial charge in [-0.15, -0.1) is 0 Å². The number of aryl methyl sites for hydroxylation is 1. The summed E-state index contributed by atoms with van der Waals surface area (Å²) in [5.41, 5.74) is 3.77. The van der Waals surface area contributed by atoms with Crippen LogP contribution in [0.15, 0.2) is 47.6 Å². The van der Waals surface area contributed by atoms with E-state index in [9.17, 15) is 4.79 Å². The average Bonchev–Trinajstić information content (AvgIpc) is 3.10. The fraction of sp³-hybridized carbons (Fsp3) is 0.409. The van der Waals surface area contributed by atoms with Crippen molar-refractivity contribution in [2.24, 2.45) is 0 Å². The van der Waals surface area contributed by atoms with Gasteiger partial charge in [0.1, 0.15) is 0 Å². The fourth-order valence-electron chi connectivity index (χ4n) is 5.02. The van der Waals surface area contributed by atoms with Gasteiger partial charge in [-0.05, 0) is 37.9 Å². The van der Waals surface area contributed by atoms with E-state index in [-0.39, 0.29) is 5.97 Å². The molecule has 0 amide bonds. The molecule has 2 bridgehead atoms. The Morgan fingerprint density at radius 3 is 3.00 bits per heavy atom. The van der Waals surface area contributed by atoms with Gasteiger partial charge in [0.25, 0.3) is 0 Å². The number of piperidine rings is 1. The van der Waals surface area contributed by atoms with Crippen LogP contribution in [-0.4, -0.2) is 35.1 Å². The van der Waals surface area contributed by atoms with Crippen molar-refractivity contribution in [1.82, 2.24) is 4.90 Å². The molecule has 3 unspecified atom stereocenters. The van der Waals surface area contributed by atoms with Gasteiger partial charge in [-0.1, -0.05) is 42.5 Å². The van der Waals surface area contributed by atoms with Gasteiger partial charge >= 0.3 is 5.97 Å². The summed E-state index contributed by atoms with van der Waals surface area (Å²) >= 11 is 0. The van der Waals surface area contributed by atoms with Gasteiger partial charge in [-0.2, -0.15) is 0 Å². The molecule has 3 aliphatic heterocycles. The summed E-state index contributed by atoms with van der Waals surface area (Å²) in [6, 6.07) is 8.82. The van der Waals surface area contributed by atoms with Crippen LogP contribution >= 0.6 is 0 Å². The second kappa shape index (κ2) is 5.34. The molecule has 5 rings (SSSR count). The number of carbonyl (C=O) groups excluding carboxylic acids is 1. The van der Waals surface area contributed by atoms with Gasteiger partial charge in [-0.25, -0.2) is 4.79 Å². The highest BCUT2D eigenvalue weighted by molar-refractivity contribution is 5.90. The van der Waals surface area contributed by atoms with Crippen LogP contribution in [0, 0.1) is 18.8 Å². The molecule has 1 aromatic rings. The summed E-state index contributed by atoms with van der Waals surface area (Å²) in [6.45, 7) is 3.17. The normalized spacial score (nSPS) is 32.8. The Kier molecular flexibility index (Phi) is 3.20. The maximum absolute atomic E-state index is 12.1.